The van der Waals surface area contributed by atoms with Crippen LogP contribution in [0.15, 0.2) is 6.33 Å². The Hall–Kier alpha value is -3.11. The number of hydrogen-bond acceptors (Lipinski definition) is 9. The van der Waals surface area contributed by atoms with E-state index < -0.39 is 29.3 Å². The van der Waals surface area contributed by atoms with E-state index in [1.807, 2.05) is 0 Å². The van der Waals surface area contributed by atoms with E-state index in [1.54, 1.807) is 41.5 Å². The van der Waals surface area contributed by atoms with Crippen LogP contribution in [0.5, 0.6) is 5.88 Å². The third kappa shape index (κ3) is 4.74. The van der Waals surface area contributed by atoms with Gasteiger partial charge in [-0.2, -0.15) is 14.7 Å². The van der Waals surface area contributed by atoms with Gasteiger partial charge in [-0.1, -0.05) is 0 Å². The van der Waals surface area contributed by atoms with E-state index in [0.29, 0.717) is 9.63 Å². The van der Waals surface area contributed by atoms with Crippen LogP contribution in [-0.4, -0.2) is 55.4 Å². The second kappa shape index (κ2) is 6.89. The third-order valence-electron chi connectivity index (χ3n) is 2.88. The lowest BCUT2D eigenvalue weighted by Gasteiger charge is -2.27. The van der Waals surface area contributed by atoms with Gasteiger partial charge in [-0.3, -0.25) is 0 Å². The molecule has 0 aliphatic carbocycles. The SMILES string of the molecule is COc1nc(N(C(=O)OC(C)(C)C)C(=O)OC(C)(C)C)nc2c1ncn2O. The van der Waals surface area contributed by atoms with E-state index in [1.165, 1.54) is 7.11 Å². The summed E-state index contributed by atoms with van der Waals surface area (Å²) in [5.41, 5.74) is -1.68. The summed E-state index contributed by atoms with van der Waals surface area (Å²) in [5.74, 6) is -0.432. The van der Waals surface area contributed by atoms with E-state index in [9.17, 15) is 14.8 Å². The number of ether oxygens (including phenoxy) is 3. The number of imidazole rings is 1. The molecule has 0 saturated carbocycles. The Balaban J connectivity index is 2.58. The van der Waals surface area contributed by atoms with Crippen molar-refractivity contribution in [2.45, 2.75) is 52.7 Å². The number of imide groups is 1. The lowest BCUT2D eigenvalue weighted by Crippen LogP contribution is -2.44. The summed E-state index contributed by atoms with van der Waals surface area (Å²) in [6.07, 6.45) is -0.999. The molecule has 11 heteroatoms. The van der Waals surface area contributed by atoms with Crippen LogP contribution in [0, 0.1) is 0 Å². The van der Waals surface area contributed by atoms with Crippen LogP contribution in [0.1, 0.15) is 41.5 Å². The highest BCUT2D eigenvalue weighted by Crippen LogP contribution is 2.26. The third-order valence-corrected chi connectivity index (χ3v) is 2.88. The van der Waals surface area contributed by atoms with Crippen molar-refractivity contribution in [3.63, 3.8) is 0 Å². The van der Waals surface area contributed by atoms with Crippen molar-refractivity contribution in [3.8, 4) is 5.88 Å². The van der Waals surface area contributed by atoms with Crippen molar-refractivity contribution in [2.24, 2.45) is 0 Å². The van der Waals surface area contributed by atoms with Gasteiger partial charge in [0.25, 0.3) is 0 Å². The van der Waals surface area contributed by atoms with Crippen molar-refractivity contribution in [2.75, 3.05) is 12.0 Å². The van der Waals surface area contributed by atoms with E-state index in [4.69, 9.17) is 14.2 Å². The summed E-state index contributed by atoms with van der Waals surface area (Å²) in [4.78, 5) is 37.8. The first kappa shape index (κ1) is 20.2. The second-order valence-electron chi connectivity index (χ2n) is 7.59. The zero-order valence-electron chi connectivity index (χ0n) is 16.3. The molecule has 0 spiro atoms. The molecule has 0 bridgehead atoms. The van der Waals surface area contributed by atoms with E-state index >= 15 is 0 Å². The molecule has 0 fully saturated rings. The highest BCUT2D eigenvalue weighted by atomic mass is 16.6. The molecular formula is C16H23N5O6. The largest absolute Gasteiger partial charge is 0.479 e. The second-order valence-corrected chi connectivity index (χ2v) is 7.59. The molecule has 11 nitrogen and oxygen atoms in total. The minimum Gasteiger partial charge on any atom is -0.479 e. The van der Waals surface area contributed by atoms with Gasteiger partial charge in [-0.05, 0) is 41.5 Å². The number of amides is 2. The minimum absolute atomic E-state index is 0.0417. The summed E-state index contributed by atoms with van der Waals surface area (Å²) in [6.45, 7) is 9.87. The average Bonchev–Trinajstić information content (AvgIpc) is 2.84. The number of fused-ring (bicyclic) bond motifs is 1. The van der Waals surface area contributed by atoms with Crippen molar-refractivity contribution >= 4 is 29.3 Å². The van der Waals surface area contributed by atoms with Crippen LogP contribution < -0.4 is 9.64 Å². The van der Waals surface area contributed by atoms with Gasteiger partial charge >= 0.3 is 12.2 Å². The number of methoxy groups -OCH3 is 1. The number of hydrogen-bond donors (Lipinski definition) is 1. The predicted molar refractivity (Wildman–Crippen MR) is 94.0 cm³/mol. The zero-order chi connectivity index (χ0) is 20.6. The summed E-state index contributed by atoms with van der Waals surface area (Å²) in [6, 6.07) is 0. The highest BCUT2D eigenvalue weighted by Gasteiger charge is 2.35. The molecule has 2 heterocycles. The quantitative estimate of drug-likeness (QED) is 0.780. The highest BCUT2D eigenvalue weighted by molar-refractivity contribution is 6.08. The van der Waals surface area contributed by atoms with E-state index in [2.05, 4.69) is 15.0 Å². The van der Waals surface area contributed by atoms with Gasteiger partial charge in [0, 0.05) is 0 Å². The van der Waals surface area contributed by atoms with Crippen molar-refractivity contribution in [1.29, 1.82) is 0 Å². The molecule has 27 heavy (non-hydrogen) atoms. The monoisotopic (exact) mass is 381 g/mol. The molecule has 1 N–H and O–H groups in total. The van der Waals surface area contributed by atoms with E-state index in [0.717, 1.165) is 6.33 Å². The molecule has 0 aromatic carbocycles. The molecule has 2 aromatic heterocycles. The van der Waals surface area contributed by atoms with Gasteiger partial charge in [0.2, 0.25) is 17.5 Å². The van der Waals surface area contributed by atoms with Crippen molar-refractivity contribution < 1.29 is 29.0 Å². The van der Waals surface area contributed by atoms with Crippen LogP contribution >= 0.6 is 0 Å². The van der Waals surface area contributed by atoms with Gasteiger partial charge in [0.1, 0.15) is 17.5 Å². The van der Waals surface area contributed by atoms with Gasteiger partial charge < -0.3 is 19.4 Å². The lowest BCUT2D eigenvalue weighted by molar-refractivity contribution is 0.0427. The first-order valence-corrected chi connectivity index (χ1v) is 8.07. The first-order chi connectivity index (χ1) is 12.3. The van der Waals surface area contributed by atoms with Crippen LogP contribution in [0.3, 0.4) is 0 Å². The average molecular weight is 381 g/mol. The molecule has 2 aromatic rings. The molecule has 2 rings (SSSR count). The smallest absolute Gasteiger partial charge is 0.427 e. The van der Waals surface area contributed by atoms with Crippen LogP contribution in [0.2, 0.25) is 0 Å². The van der Waals surface area contributed by atoms with Gasteiger partial charge in [0.15, 0.2) is 5.52 Å². The Bertz CT molecular complexity index is 837. The van der Waals surface area contributed by atoms with Crippen molar-refractivity contribution in [1.82, 2.24) is 19.7 Å². The normalized spacial score (nSPS) is 12.0. The summed E-state index contributed by atoms with van der Waals surface area (Å²) in [5, 5.41) is 9.84. The van der Waals surface area contributed by atoms with Gasteiger partial charge in [-0.25, -0.2) is 14.6 Å². The standard InChI is InChI=1S/C16H23N5O6/c1-15(2,3)26-13(22)21(14(23)27-16(4,5)6)12-18-10-9(11(19-12)25-7)17-8-20(10)24/h8,24H,1-7H3. The molecule has 0 atom stereocenters. The number of aromatic nitrogens is 4. The maximum atomic E-state index is 12.6. The molecule has 0 aliphatic rings. The molecule has 148 valence electrons. The minimum atomic E-state index is -1.04. The Morgan fingerprint density at radius 1 is 1.04 bits per heavy atom. The molecule has 0 saturated heterocycles. The fourth-order valence-electron chi connectivity index (χ4n) is 1.95. The van der Waals surface area contributed by atoms with Crippen LogP contribution in [0.4, 0.5) is 15.5 Å². The summed E-state index contributed by atoms with van der Waals surface area (Å²) in [7, 11) is 1.33. The Labute approximate surface area is 155 Å². The molecular weight excluding hydrogens is 358 g/mol. The van der Waals surface area contributed by atoms with Gasteiger partial charge in [0.05, 0.1) is 7.11 Å². The summed E-state index contributed by atoms with van der Waals surface area (Å²) < 4.78 is 16.3. The number of rotatable bonds is 2. The van der Waals surface area contributed by atoms with Crippen LogP contribution in [0.25, 0.3) is 11.2 Å². The Kier molecular flexibility index (Phi) is 5.16. The summed E-state index contributed by atoms with van der Waals surface area (Å²) >= 11 is 0. The molecule has 0 radical (unpaired) electrons. The zero-order valence-corrected chi connectivity index (χ0v) is 16.3. The van der Waals surface area contributed by atoms with E-state index in [-0.39, 0.29) is 17.0 Å². The Morgan fingerprint density at radius 3 is 2.00 bits per heavy atom. The molecule has 0 unspecified atom stereocenters. The molecule has 0 aliphatic heterocycles. The number of carbonyl (C=O) groups excluding carboxylic acids is 2. The van der Waals surface area contributed by atoms with Crippen LogP contribution in [-0.2, 0) is 9.47 Å². The van der Waals surface area contributed by atoms with Crippen molar-refractivity contribution in [3.05, 3.63) is 6.33 Å². The van der Waals surface area contributed by atoms with Gasteiger partial charge in [-0.15, -0.1) is 4.90 Å². The predicted octanol–water partition coefficient (Wildman–Crippen LogP) is 2.75. The number of nitrogens with zero attached hydrogens (tertiary/aromatic N) is 5. The maximum absolute atomic E-state index is 12.6. The fourth-order valence-corrected chi connectivity index (χ4v) is 1.95. The lowest BCUT2D eigenvalue weighted by atomic mass is 10.2. The Morgan fingerprint density at radius 2 is 1.56 bits per heavy atom. The number of anilines is 1. The topological polar surface area (TPSA) is 129 Å². The maximum Gasteiger partial charge on any atom is 0.427 e. The fraction of sp³-hybridized carbons (Fsp3) is 0.562. The first-order valence-electron chi connectivity index (χ1n) is 8.07. The number of carbonyl (C=O) groups is 2. The molecule has 2 amide bonds.